The molecular formula is C15H22N2O. The lowest BCUT2D eigenvalue weighted by atomic mass is 9.70. The number of aryl methyl sites for hydroxylation is 1. The van der Waals surface area contributed by atoms with Gasteiger partial charge >= 0.3 is 0 Å². The molecule has 1 aromatic heterocycles. The Kier molecular flexibility index (Phi) is 3.49. The largest absolute Gasteiger partial charge is 0.466 e. The first-order valence-electron chi connectivity index (χ1n) is 6.66. The predicted octanol–water partition coefficient (Wildman–Crippen LogP) is 3.15. The summed E-state index contributed by atoms with van der Waals surface area (Å²) in [6.07, 6.45) is 3.27. The highest BCUT2D eigenvalue weighted by Gasteiger charge is 2.37. The zero-order valence-corrected chi connectivity index (χ0v) is 11.5. The second-order valence-corrected chi connectivity index (χ2v) is 6.14. The lowest BCUT2D eigenvalue weighted by Crippen LogP contribution is -2.42. The maximum atomic E-state index is 9.18. The average molecular weight is 246 g/mol. The molecule has 0 unspecified atom stereocenters. The van der Waals surface area contributed by atoms with Gasteiger partial charge in [-0.2, -0.15) is 5.26 Å². The van der Waals surface area contributed by atoms with Crippen LogP contribution in [0.4, 0.5) is 0 Å². The number of hydrogen-bond acceptors (Lipinski definition) is 3. The molecule has 1 heterocycles. The van der Waals surface area contributed by atoms with E-state index >= 15 is 0 Å². The number of nitrogens with zero attached hydrogens (tertiary/aromatic N) is 1. The zero-order chi connectivity index (χ0) is 13.2. The Bertz CT molecular complexity index is 449. The van der Waals surface area contributed by atoms with Crippen molar-refractivity contribution >= 4 is 0 Å². The van der Waals surface area contributed by atoms with Crippen molar-refractivity contribution in [1.29, 1.82) is 5.26 Å². The fraction of sp³-hybridized carbons (Fsp3) is 0.667. The van der Waals surface area contributed by atoms with Gasteiger partial charge in [0, 0.05) is 18.5 Å². The van der Waals surface area contributed by atoms with E-state index in [1.807, 2.05) is 19.1 Å². The molecule has 0 aliphatic heterocycles. The molecule has 3 heteroatoms. The Morgan fingerprint density at radius 3 is 2.61 bits per heavy atom. The molecule has 0 spiro atoms. The second-order valence-electron chi connectivity index (χ2n) is 6.14. The van der Waals surface area contributed by atoms with Crippen LogP contribution in [-0.2, 0) is 5.41 Å². The molecule has 0 amide bonds. The van der Waals surface area contributed by atoms with Gasteiger partial charge in [-0.25, -0.2) is 0 Å². The van der Waals surface area contributed by atoms with Crippen LogP contribution in [0, 0.1) is 23.7 Å². The molecule has 0 aromatic carbocycles. The van der Waals surface area contributed by atoms with Crippen LogP contribution in [0.2, 0.25) is 0 Å². The van der Waals surface area contributed by atoms with Gasteiger partial charge < -0.3 is 9.73 Å². The minimum Gasteiger partial charge on any atom is -0.466 e. The Morgan fingerprint density at radius 1 is 1.44 bits per heavy atom. The van der Waals surface area contributed by atoms with Crippen molar-refractivity contribution in [2.45, 2.75) is 45.4 Å². The van der Waals surface area contributed by atoms with Crippen molar-refractivity contribution < 1.29 is 4.42 Å². The van der Waals surface area contributed by atoms with Gasteiger partial charge in [0.2, 0.25) is 0 Å². The van der Waals surface area contributed by atoms with Crippen LogP contribution in [0.3, 0.4) is 0 Å². The molecule has 0 saturated heterocycles. The summed E-state index contributed by atoms with van der Waals surface area (Å²) in [4.78, 5) is 0. The molecule has 1 fully saturated rings. The third-order valence-corrected chi connectivity index (χ3v) is 3.99. The highest BCUT2D eigenvalue weighted by atomic mass is 16.3. The third-order valence-electron chi connectivity index (χ3n) is 3.99. The van der Waals surface area contributed by atoms with Crippen LogP contribution < -0.4 is 5.32 Å². The van der Waals surface area contributed by atoms with Crippen molar-refractivity contribution in [3.63, 3.8) is 0 Å². The number of nitrogens with one attached hydrogen (secondary N) is 1. The van der Waals surface area contributed by atoms with E-state index in [0.717, 1.165) is 37.5 Å². The monoisotopic (exact) mass is 246 g/mol. The smallest absolute Gasteiger partial charge is 0.111 e. The Balaban J connectivity index is 1.88. The molecular weight excluding hydrogens is 224 g/mol. The molecule has 1 N–H and O–H groups in total. The van der Waals surface area contributed by atoms with E-state index in [2.05, 4.69) is 25.2 Å². The van der Waals surface area contributed by atoms with Crippen LogP contribution in [-0.4, -0.2) is 13.1 Å². The SMILES string of the molecule is Cc1ccc(C(C)(C)CNCC2(C#N)CCC2)o1. The van der Waals surface area contributed by atoms with Crippen molar-refractivity contribution in [2.24, 2.45) is 5.41 Å². The van der Waals surface area contributed by atoms with E-state index in [-0.39, 0.29) is 10.8 Å². The highest BCUT2D eigenvalue weighted by molar-refractivity contribution is 5.15. The molecule has 1 aliphatic rings. The van der Waals surface area contributed by atoms with Gasteiger partial charge in [-0.05, 0) is 31.9 Å². The molecule has 98 valence electrons. The first kappa shape index (κ1) is 13.2. The maximum absolute atomic E-state index is 9.18. The quantitative estimate of drug-likeness (QED) is 0.868. The van der Waals surface area contributed by atoms with Crippen molar-refractivity contribution in [3.8, 4) is 6.07 Å². The van der Waals surface area contributed by atoms with Crippen molar-refractivity contribution in [3.05, 3.63) is 23.7 Å². The number of rotatable bonds is 5. The first-order chi connectivity index (χ1) is 8.47. The molecule has 0 radical (unpaired) electrons. The van der Waals surface area contributed by atoms with Gasteiger partial charge in [-0.3, -0.25) is 0 Å². The molecule has 3 nitrogen and oxygen atoms in total. The van der Waals surface area contributed by atoms with Gasteiger partial charge in [0.05, 0.1) is 11.5 Å². The Hall–Kier alpha value is -1.27. The normalized spacial score (nSPS) is 18.1. The number of hydrogen-bond donors (Lipinski definition) is 1. The standard InChI is InChI=1S/C15H22N2O/c1-12-5-6-13(18-12)14(2,3)10-17-11-15(9-16)7-4-8-15/h5-6,17H,4,7-8,10-11H2,1-3H3. The summed E-state index contributed by atoms with van der Waals surface area (Å²) in [6.45, 7) is 7.93. The van der Waals surface area contributed by atoms with E-state index in [0.29, 0.717) is 0 Å². The molecule has 2 rings (SSSR count). The minimum atomic E-state index is -0.102. The van der Waals surface area contributed by atoms with E-state index in [1.165, 1.54) is 6.42 Å². The van der Waals surface area contributed by atoms with Crippen LogP contribution in [0.25, 0.3) is 0 Å². The summed E-state index contributed by atoms with van der Waals surface area (Å²) in [5.74, 6) is 1.96. The Labute approximate surface area is 109 Å². The van der Waals surface area contributed by atoms with E-state index in [1.54, 1.807) is 0 Å². The molecule has 1 aliphatic carbocycles. The molecule has 18 heavy (non-hydrogen) atoms. The van der Waals surface area contributed by atoms with Crippen molar-refractivity contribution in [2.75, 3.05) is 13.1 Å². The van der Waals surface area contributed by atoms with Crippen LogP contribution in [0.1, 0.15) is 44.6 Å². The first-order valence-corrected chi connectivity index (χ1v) is 6.66. The number of nitriles is 1. The average Bonchev–Trinajstić information content (AvgIpc) is 2.70. The van der Waals surface area contributed by atoms with E-state index in [9.17, 15) is 5.26 Å². The Morgan fingerprint density at radius 2 is 2.17 bits per heavy atom. The fourth-order valence-corrected chi connectivity index (χ4v) is 2.43. The molecule has 1 aromatic rings. The minimum absolute atomic E-state index is 0.0331. The summed E-state index contributed by atoms with van der Waals surface area (Å²) >= 11 is 0. The predicted molar refractivity (Wildman–Crippen MR) is 71.2 cm³/mol. The van der Waals surface area contributed by atoms with Gasteiger partial charge in [0.1, 0.15) is 11.5 Å². The zero-order valence-electron chi connectivity index (χ0n) is 11.5. The summed E-state index contributed by atoms with van der Waals surface area (Å²) in [7, 11) is 0. The summed E-state index contributed by atoms with van der Waals surface area (Å²) in [5.41, 5.74) is -0.135. The topological polar surface area (TPSA) is 49.0 Å². The second kappa shape index (κ2) is 4.78. The summed E-state index contributed by atoms with van der Waals surface area (Å²) < 4.78 is 5.69. The van der Waals surface area contributed by atoms with Gasteiger partial charge in [-0.1, -0.05) is 20.3 Å². The lowest BCUT2D eigenvalue weighted by Gasteiger charge is -2.36. The van der Waals surface area contributed by atoms with E-state index < -0.39 is 0 Å². The van der Waals surface area contributed by atoms with Gasteiger partial charge in [-0.15, -0.1) is 0 Å². The molecule has 0 atom stereocenters. The molecule has 1 saturated carbocycles. The maximum Gasteiger partial charge on any atom is 0.111 e. The van der Waals surface area contributed by atoms with Gasteiger partial charge in [0.25, 0.3) is 0 Å². The highest BCUT2D eigenvalue weighted by Crippen LogP contribution is 2.39. The number of furan rings is 1. The van der Waals surface area contributed by atoms with Crippen LogP contribution >= 0.6 is 0 Å². The third kappa shape index (κ3) is 2.59. The summed E-state index contributed by atoms with van der Waals surface area (Å²) in [5, 5.41) is 12.6. The molecule has 0 bridgehead atoms. The fourth-order valence-electron chi connectivity index (χ4n) is 2.43. The van der Waals surface area contributed by atoms with Crippen LogP contribution in [0.15, 0.2) is 16.5 Å². The lowest BCUT2D eigenvalue weighted by molar-refractivity contribution is 0.200. The van der Waals surface area contributed by atoms with Gasteiger partial charge in [0.15, 0.2) is 0 Å². The summed E-state index contributed by atoms with van der Waals surface area (Å²) in [6, 6.07) is 6.50. The van der Waals surface area contributed by atoms with Crippen LogP contribution in [0.5, 0.6) is 0 Å². The van der Waals surface area contributed by atoms with Crippen molar-refractivity contribution in [1.82, 2.24) is 5.32 Å². The van der Waals surface area contributed by atoms with E-state index in [4.69, 9.17) is 4.42 Å².